The molecule has 0 aromatic carbocycles. The molecule has 0 saturated heterocycles. The molecular formula is C11H28OSi2. The summed E-state index contributed by atoms with van der Waals surface area (Å²) in [4.78, 5) is 0. The van der Waals surface area contributed by atoms with Gasteiger partial charge in [0.1, 0.15) is 0 Å². The van der Waals surface area contributed by atoms with Crippen LogP contribution in [0.2, 0.25) is 31.7 Å². The molecule has 0 aliphatic rings. The number of hydrogen-bond donors (Lipinski definition) is 0. The fourth-order valence-electron chi connectivity index (χ4n) is 1.44. The topological polar surface area (TPSA) is 9.23 Å². The molecule has 0 radical (unpaired) electrons. The normalized spacial score (nSPS) is 12.9. The average Bonchev–Trinajstić information content (AvgIpc) is 2.08. The zero-order valence-electron chi connectivity index (χ0n) is 10.6. The van der Waals surface area contributed by atoms with Crippen molar-refractivity contribution in [1.82, 2.24) is 0 Å². The van der Waals surface area contributed by atoms with E-state index in [0.717, 1.165) is 6.61 Å². The Labute approximate surface area is 93.6 Å². The summed E-state index contributed by atoms with van der Waals surface area (Å²) >= 11 is 0. The van der Waals surface area contributed by atoms with Crippen LogP contribution in [0, 0.1) is 0 Å². The van der Waals surface area contributed by atoms with Crippen molar-refractivity contribution in [1.29, 1.82) is 0 Å². The van der Waals surface area contributed by atoms with Gasteiger partial charge < -0.3 is 4.43 Å². The lowest BCUT2D eigenvalue weighted by atomic mass is 10.3. The van der Waals surface area contributed by atoms with Crippen LogP contribution in [0.5, 0.6) is 0 Å². The van der Waals surface area contributed by atoms with Gasteiger partial charge in [-0.15, -0.1) is 0 Å². The summed E-state index contributed by atoms with van der Waals surface area (Å²) in [5.41, 5.74) is 0. The highest BCUT2D eigenvalue weighted by Gasteiger charge is 2.12. The van der Waals surface area contributed by atoms with Gasteiger partial charge in [0.2, 0.25) is 0 Å². The summed E-state index contributed by atoms with van der Waals surface area (Å²) in [5, 5.41) is 0. The molecule has 0 fully saturated rings. The zero-order chi connectivity index (χ0) is 10.9. The van der Waals surface area contributed by atoms with Crippen LogP contribution in [-0.2, 0) is 4.43 Å². The molecule has 0 aromatic rings. The molecule has 0 aromatic heterocycles. The van der Waals surface area contributed by atoms with E-state index in [1.54, 1.807) is 6.04 Å². The molecule has 0 unspecified atom stereocenters. The minimum absolute atomic E-state index is 0.262. The third-order valence-corrected chi connectivity index (χ3v) is 5.35. The Kier molecular flexibility index (Phi) is 8.93. The van der Waals surface area contributed by atoms with Crippen molar-refractivity contribution in [2.45, 2.75) is 64.3 Å². The molecule has 1 nitrogen and oxygen atoms in total. The van der Waals surface area contributed by atoms with Crippen LogP contribution in [0.4, 0.5) is 0 Å². The maximum Gasteiger partial charge on any atom is 0.183 e. The van der Waals surface area contributed by atoms with E-state index >= 15 is 0 Å². The maximum atomic E-state index is 5.82. The summed E-state index contributed by atoms with van der Waals surface area (Å²) < 4.78 is 5.82. The van der Waals surface area contributed by atoms with Gasteiger partial charge in [0.05, 0.1) is 0 Å². The fourth-order valence-corrected chi connectivity index (χ4v) is 3.81. The molecule has 0 saturated carbocycles. The molecule has 0 rings (SSSR count). The summed E-state index contributed by atoms with van der Waals surface area (Å²) in [7, 11) is -0.961. The first-order valence-corrected chi connectivity index (χ1v) is 11.6. The van der Waals surface area contributed by atoms with Crippen LogP contribution < -0.4 is 0 Å². The van der Waals surface area contributed by atoms with Crippen LogP contribution in [-0.4, -0.2) is 24.4 Å². The third kappa shape index (κ3) is 12.4. The molecule has 0 heterocycles. The van der Waals surface area contributed by atoms with Gasteiger partial charge in [-0.1, -0.05) is 38.3 Å². The molecule has 0 spiro atoms. The van der Waals surface area contributed by atoms with Gasteiger partial charge in [-0.05, 0) is 26.1 Å². The van der Waals surface area contributed by atoms with Crippen LogP contribution in [0.15, 0.2) is 0 Å². The Morgan fingerprint density at radius 2 is 1.64 bits per heavy atom. The van der Waals surface area contributed by atoms with Crippen molar-refractivity contribution in [2.75, 3.05) is 6.61 Å². The number of rotatable bonds is 9. The number of hydrogen-bond acceptors (Lipinski definition) is 1. The van der Waals surface area contributed by atoms with Gasteiger partial charge in [-0.2, -0.15) is 0 Å². The molecule has 0 N–H and O–H groups in total. The Morgan fingerprint density at radius 1 is 1.00 bits per heavy atom. The first-order chi connectivity index (χ1) is 6.56. The standard InChI is InChI=1S/C11H28OSi2/c1-5-6-7-10-13-11-8-9-12-14(2,3)4/h5-11,13H2,1-4H3. The zero-order valence-corrected chi connectivity index (χ0v) is 13.0. The smallest absolute Gasteiger partial charge is 0.183 e. The highest BCUT2D eigenvalue weighted by molar-refractivity contribution is 6.69. The van der Waals surface area contributed by atoms with E-state index in [0.29, 0.717) is 0 Å². The van der Waals surface area contributed by atoms with Crippen molar-refractivity contribution in [2.24, 2.45) is 0 Å². The van der Waals surface area contributed by atoms with E-state index in [1.165, 1.54) is 31.7 Å². The maximum absolute atomic E-state index is 5.82. The van der Waals surface area contributed by atoms with Gasteiger partial charge in [0.15, 0.2) is 8.32 Å². The summed E-state index contributed by atoms with van der Waals surface area (Å²) in [6.45, 7) is 10.1. The van der Waals surface area contributed by atoms with Crippen LogP contribution in [0.25, 0.3) is 0 Å². The SMILES string of the molecule is CCCCC[SiH2]CCCO[Si](C)(C)C. The van der Waals surface area contributed by atoms with Crippen molar-refractivity contribution < 1.29 is 4.43 Å². The van der Waals surface area contributed by atoms with Gasteiger partial charge in [-0.3, -0.25) is 0 Å². The van der Waals surface area contributed by atoms with Gasteiger partial charge in [0, 0.05) is 16.1 Å². The molecule has 0 aliphatic carbocycles. The van der Waals surface area contributed by atoms with E-state index in [1.807, 2.05) is 0 Å². The average molecular weight is 233 g/mol. The Morgan fingerprint density at radius 3 is 2.21 bits per heavy atom. The first-order valence-electron chi connectivity index (χ1n) is 6.20. The second-order valence-corrected chi connectivity index (χ2v) is 11.7. The molecule has 0 atom stereocenters. The highest BCUT2D eigenvalue weighted by Crippen LogP contribution is 2.05. The molecule has 14 heavy (non-hydrogen) atoms. The fraction of sp³-hybridized carbons (Fsp3) is 1.00. The van der Waals surface area contributed by atoms with E-state index in [9.17, 15) is 0 Å². The molecular weight excluding hydrogens is 204 g/mol. The van der Waals surface area contributed by atoms with Crippen molar-refractivity contribution in [3.05, 3.63) is 0 Å². The van der Waals surface area contributed by atoms with Gasteiger partial charge in [-0.25, -0.2) is 0 Å². The Balaban J connectivity index is 2.99. The van der Waals surface area contributed by atoms with Gasteiger partial charge in [0.25, 0.3) is 0 Å². The van der Waals surface area contributed by atoms with Crippen LogP contribution >= 0.6 is 0 Å². The Hall–Kier alpha value is 0.394. The second kappa shape index (κ2) is 8.68. The predicted octanol–water partition coefficient (Wildman–Crippen LogP) is 3.42. The van der Waals surface area contributed by atoms with E-state index < -0.39 is 8.32 Å². The minimum atomic E-state index is -1.22. The Bertz CT molecular complexity index is 121. The third-order valence-electron chi connectivity index (χ3n) is 2.28. The second-order valence-electron chi connectivity index (χ2n) is 5.08. The van der Waals surface area contributed by atoms with Crippen molar-refractivity contribution in [3.8, 4) is 0 Å². The van der Waals surface area contributed by atoms with Crippen LogP contribution in [0.3, 0.4) is 0 Å². The van der Waals surface area contributed by atoms with Crippen molar-refractivity contribution in [3.63, 3.8) is 0 Å². The van der Waals surface area contributed by atoms with E-state index in [-0.39, 0.29) is 9.52 Å². The summed E-state index contributed by atoms with van der Waals surface area (Å²) in [6, 6.07) is 3.05. The van der Waals surface area contributed by atoms with Crippen molar-refractivity contribution >= 4 is 17.8 Å². The lowest BCUT2D eigenvalue weighted by molar-refractivity contribution is 0.311. The lowest BCUT2D eigenvalue weighted by Gasteiger charge is -2.16. The van der Waals surface area contributed by atoms with E-state index in [4.69, 9.17) is 4.43 Å². The van der Waals surface area contributed by atoms with Gasteiger partial charge >= 0.3 is 0 Å². The molecule has 86 valence electrons. The minimum Gasteiger partial charge on any atom is -0.418 e. The largest absolute Gasteiger partial charge is 0.418 e. The predicted molar refractivity (Wildman–Crippen MR) is 71.6 cm³/mol. The molecule has 0 bridgehead atoms. The highest BCUT2D eigenvalue weighted by atomic mass is 28.4. The van der Waals surface area contributed by atoms with Crippen LogP contribution in [0.1, 0.15) is 32.6 Å². The lowest BCUT2D eigenvalue weighted by Crippen LogP contribution is -2.25. The molecule has 3 heteroatoms. The molecule has 0 aliphatic heterocycles. The quantitative estimate of drug-likeness (QED) is 0.437. The monoisotopic (exact) mass is 232 g/mol. The number of unbranched alkanes of at least 4 members (excludes halogenated alkanes) is 2. The summed E-state index contributed by atoms with van der Waals surface area (Å²) in [6.07, 6.45) is 5.62. The summed E-state index contributed by atoms with van der Waals surface area (Å²) in [5.74, 6) is 0. The first kappa shape index (κ1) is 14.4. The van der Waals surface area contributed by atoms with E-state index in [2.05, 4.69) is 26.6 Å². The molecule has 0 amide bonds.